The van der Waals surface area contributed by atoms with E-state index in [1.807, 2.05) is 49.4 Å². The fourth-order valence-corrected chi connectivity index (χ4v) is 3.54. The standard InChI is InChI=1S/C24H32N4O3/c1-3-30-24(29)28-15-13-21(14-16-28)27-23(25-2)26-17-19-9-7-8-10-20(19)18-31-22-11-5-4-6-12-22/h4-12,21H,3,13-18H2,1-2H3,(H2,25,26,27). The van der Waals surface area contributed by atoms with E-state index in [0.29, 0.717) is 32.8 Å². The van der Waals surface area contributed by atoms with Crippen molar-refractivity contribution >= 4 is 12.1 Å². The van der Waals surface area contributed by atoms with Gasteiger partial charge < -0.3 is 25.0 Å². The molecule has 2 aromatic rings. The Morgan fingerprint density at radius 3 is 2.42 bits per heavy atom. The van der Waals surface area contributed by atoms with Gasteiger partial charge in [0.15, 0.2) is 5.96 Å². The molecular formula is C24H32N4O3. The van der Waals surface area contributed by atoms with E-state index in [-0.39, 0.29) is 12.1 Å². The molecule has 1 aliphatic rings. The van der Waals surface area contributed by atoms with Gasteiger partial charge in [-0.1, -0.05) is 42.5 Å². The van der Waals surface area contributed by atoms with Gasteiger partial charge in [0.1, 0.15) is 12.4 Å². The molecule has 1 fully saturated rings. The maximum absolute atomic E-state index is 11.9. The van der Waals surface area contributed by atoms with Crippen molar-refractivity contribution in [2.45, 2.75) is 39.0 Å². The molecule has 2 aromatic carbocycles. The van der Waals surface area contributed by atoms with Gasteiger partial charge in [-0.2, -0.15) is 0 Å². The quantitative estimate of drug-likeness (QED) is 0.525. The molecule has 166 valence electrons. The molecule has 7 nitrogen and oxygen atoms in total. The average Bonchev–Trinajstić information content (AvgIpc) is 2.82. The van der Waals surface area contributed by atoms with Crippen LogP contribution in [0.5, 0.6) is 5.75 Å². The third kappa shape index (κ3) is 6.91. The molecule has 0 aromatic heterocycles. The Balaban J connectivity index is 1.48. The zero-order chi connectivity index (χ0) is 21.9. The number of carbonyl (C=O) groups is 1. The number of benzene rings is 2. The minimum atomic E-state index is -0.224. The number of para-hydroxylation sites is 1. The Morgan fingerprint density at radius 2 is 1.74 bits per heavy atom. The zero-order valence-corrected chi connectivity index (χ0v) is 18.3. The fraction of sp³-hybridized carbons (Fsp3) is 0.417. The van der Waals surface area contributed by atoms with Gasteiger partial charge in [-0.3, -0.25) is 4.99 Å². The van der Waals surface area contributed by atoms with Crippen molar-refractivity contribution in [1.29, 1.82) is 0 Å². The van der Waals surface area contributed by atoms with Gasteiger partial charge in [-0.25, -0.2) is 4.79 Å². The molecule has 1 amide bonds. The molecule has 0 saturated carbocycles. The largest absolute Gasteiger partial charge is 0.489 e. The lowest BCUT2D eigenvalue weighted by molar-refractivity contribution is 0.0963. The molecule has 0 spiro atoms. The summed E-state index contributed by atoms with van der Waals surface area (Å²) in [6.07, 6.45) is 1.50. The van der Waals surface area contributed by atoms with Gasteiger partial charge in [-0.15, -0.1) is 0 Å². The van der Waals surface area contributed by atoms with Gasteiger partial charge in [0.2, 0.25) is 0 Å². The first-order valence-corrected chi connectivity index (χ1v) is 10.8. The predicted octanol–water partition coefficient (Wildman–Crippen LogP) is 3.55. The summed E-state index contributed by atoms with van der Waals surface area (Å²) in [6.45, 7) is 4.77. The van der Waals surface area contributed by atoms with E-state index in [2.05, 4.69) is 27.8 Å². The first-order chi connectivity index (χ1) is 15.2. The van der Waals surface area contributed by atoms with E-state index in [4.69, 9.17) is 9.47 Å². The molecule has 1 heterocycles. The third-order valence-electron chi connectivity index (χ3n) is 5.29. The van der Waals surface area contributed by atoms with Gasteiger partial charge in [0, 0.05) is 32.7 Å². The summed E-state index contributed by atoms with van der Waals surface area (Å²) in [7, 11) is 1.77. The van der Waals surface area contributed by atoms with Crippen LogP contribution in [0.3, 0.4) is 0 Å². The smallest absolute Gasteiger partial charge is 0.409 e. The number of guanidine groups is 1. The van der Waals surface area contributed by atoms with Crippen molar-refractivity contribution in [3.8, 4) is 5.75 Å². The van der Waals surface area contributed by atoms with E-state index in [9.17, 15) is 4.79 Å². The number of aliphatic imine (C=N–C) groups is 1. The summed E-state index contributed by atoms with van der Waals surface area (Å²) in [4.78, 5) is 18.0. The molecule has 0 bridgehead atoms. The number of hydrogen-bond acceptors (Lipinski definition) is 4. The molecular weight excluding hydrogens is 392 g/mol. The Labute approximate surface area is 184 Å². The number of ether oxygens (including phenoxy) is 2. The topological polar surface area (TPSA) is 75.2 Å². The highest BCUT2D eigenvalue weighted by atomic mass is 16.6. The molecule has 1 aliphatic heterocycles. The van der Waals surface area contributed by atoms with Crippen molar-refractivity contribution in [1.82, 2.24) is 15.5 Å². The summed E-state index contributed by atoms with van der Waals surface area (Å²) >= 11 is 0. The maximum Gasteiger partial charge on any atom is 0.409 e. The lowest BCUT2D eigenvalue weighted by atomic mass is 10.1. The first kappa shape index (κ1) is 22.5. The third-order valence-corrected chi connectivity index (χ3v) is 5.29. The van der Waals surface area contributed by atoms with Crippen LogP contribution in [0.2, 0.25) is 0 Å². The number of amides is 1. The number of carbonyl (C=O) groups excluding carboxylic acids is 1. The lowest BCUT2D eigenvalue weighted by Crippen LogP contribution is -2.49. The Kier molecular flexibility index (Phi) is 8.58. The zero-order valence-electron chi connectivity index (χ0n) is 18.3. The number of nitrogens with one attached hydrogen (secondary N) is 2. The Hall–Kier alpha value is -3.22. The first-order valence-electron chi connectivity index (χ1n) is 10.8. The van der Waals surface area contributed by atoms with E-state index in [1.54, 1.807) is 11.9 Å². The minimum absolute atomic E-state index is 0.224. The van der Waals surface area contributed by atoms with Crippen molar-refractivity contribution < 1.29 is 14.3 Å². The molecule has 0 radical (unpaired) electrons. The number of likely N-dealkylation sites (tertiary alicyclic amines) is 1. The van der Waals surface area contributed by atoms with E-state index < -0.39 is 0 Å². The van der Waals surface area contributed by atoms with E-state index in [1.165, 1.54) is 5.56 Å². The maximum atomic E-state index is 11.9. The highest BCUT2D eigenvalue weighted by molar-refractivity contribution is 5.80. The van der Waals surface area contributed by atoms with Crippen LogP contribution in [-0.4, -0.2) is 49.7 Å². The monoisotopic (exact) mass is 424 g/mol. The molecule has 0 atom stereocenters. The Bertz CT molecular complexity index is 849. The summed E-state index contributed by atoms with van der Waals surface area (Å²) in [5.74, 6) is 1.62. The van der Waals surface area contributed by atoms with E-state index >= 15 is 0 Å². The molecule has 7 heteroatoms. The second kappa shape index (κ2) is 11.8. The second-order valence-electron chi connectivity index (χ2n) is 7.40. The van der Waals surface area contributed by atoms with Crippen molar-refractivity contribution in [3.63, 3.8) is 0 Å². The molecule has 0 unspecified atom stereocenters. The van der Waals surface area contributed by atoms with Crippen LogP contribution in [0, 0.1) is 0 Å². The average molecular weight is 425 g/mol. The SMILES string of the molecule is CCOC(=O)N1CCC(NC(=NC)NCc2ccccc2COc2ccccc2)CC1. The number of rotatable bonds is 7. The van der Waals surface area contributed by atoms with Gasteiger partial charge in [0.05, 0.1) is 6.61 Å². The van der Waals surface area contributed by atoms with Gasteiger partial charge >= 0.3 is 6.09 Å². The number of nitrogens with zero attached hydrogens (tertiary/aromatic N) is 2. The molecule has 3 rings (SSSR count). The minimum Gasteiger partial charge on any atom is -0.489 e. The molecule has 31 heavy (non-hydrogen) atoms. The van der Waals surface area contributed by atoms with Crippen LogP contribution in [0.1, 0.15) is 30.9 Å². The summed E-state index contributed by atoms with van der Waals surface area (Å²) in [5.41, 5.74) is 2.30. The van der Waals surface area contributed by atoms with Crippen molar-refractivity contribution in [3.05, 3.63) is 65.7 Å². The molecule has 2 N–H and O–H groups in total. The van der Waals surface area contributed by atoms with Crippen LogP contribution < -0.4 is 15.4 Å². The van der Waals surface area contributed by atoms with Crippen LogP contribution in [0.25, 0.3) is 0 Å². The fourth-order valence-electron chi connectivity index (χ4n) is 3.54. The van der Waals surface area contributed by atoms with Crippen LogP contribution in [0.15, 0.2) is 59.6 Å². The van der Waals surface area contributed by atoms with Crippen LogP contribution >= 0.6 is 0 Å². The lowest BCUT2D eigenvalue weighted by Gasteiger charge is -2.32. The van der Waals surface area contributed by atoms with Gasteiger partial charge in [-0.05, 0) is 43.0 Å². The van der Waals surface area contributed by atoms with Crippen LogP contribution in [-0.2, 0) is 17.9 Å². The van der Waals surface area contributed by atoms with E-state index in [0.717, 1.165) is 30.1 Å². The second-order valence-corrected chi connectivity index (χ2v) is 7.40. The van der Waals surface area contributed by atoms with Gasteiger partial charge in [0.25, 0.3) is 0 Å². The summed E-state index contributed by atoms with van der Waals surface area (Å²) in [5, 5.41) is 6.88. The highest BCUT2D eigenvalue weighted by Gasteiger charge is 2.24. The normalized spacial score (nSPS) is 14.8. The van der Waals surface area contributed by atoms with Crippen molar-refractivity contribution in [2.75, 3.05) is 26.7 Å². The highest BCUT2D eigenvalue weighted by Crippen LogP contribution is 2.15. The van der Waals surface area contributed by atoms with Crippen molar-refractivity contribution in [2.24, 2.45) is 4.99 Å². The Morgan fingerprint density at radius 1 is 1.06 bits per heavy atom. The summed E-state index contributed by atoms with van der Waals surface area (Å²) in [6, 6.07) is 18.3. The number of piperidine rings is 1. The molecule has 1 saturated heterocycles. The molecule has 0 aliphatic carbocycles. The van der Waals surface area contributed by atoms with Crippen LogP contribution in [0.4, 0.5) is 4.79 Å². The summed E-state index contributed by atoms with van der Waals surface area (Å²) < 4.78 is 11.0. The predicted molar refractivity (Wildman–Crippen MR) is 122 cm³/mol. The number of hydrogen-bond donors (Lipinski definition) is 2.